The first kappa shape index (κ1) is 23.6. The summed E-state index contributed by atoms with van der Waals surface area (Å²) in [5, 5.41) is 0. The number of hydrogen-bond acceptors (Lipinski definition) is 2. The monoisotopic (exact) mass is 446 g/mol. The Balaban J connectivity index is 1.22. The molecule has 2 saturated carbocycles. The molecule has 2 nitrogen and oxygen atoms in total. The van der Waals surface area contributed by atoms with Crippen molar-refractivity contribution in [2.75, 3.05) is 13.2 Å². The van der Waals surface area contributed by atoms with Crippen LogP contribution in [0.4, 0.5) is 8.78 Å². The van der Waals surface area contributed by atoms with Crippen LogP contribution in [-0.4, -0.2) is 13.2 Å². The molecule has 0 radical (unpaired) electrons. The second kappa shape index (κ2) is 11.0. The Morgan fingerprint density at radius 3 is 1.81 bits per heavy atom. The zero-order valence-electron chi connectivity index (χ0n) is 19.8. The Morgan fingerprint density at radius 2 is 1.25 bits per heavy atom. The van der Waals surface area contributed by atoms with Crippen LogP contribution in [0.5, 0.6) is 11.5 Å². The van der Waals surface area contributed by atoms with Crippen LogP contribution in [0, 0.1) is 47.1 Å². The van der Waals surface area contributed by atoms with Crippen LogP contribution in [0.15, 0.2) is 24.3 Å². The smallest absolute Gasteiger partial charge is 0.204 e. The summed E-state index contributed by atoms with van der Waals surface area (Å²) in [5.74, 6) is 2.05. The molecule has 2 unspecified atom stereocenters. The topological polar surface area (TPSA) is 18.5 Å². The van der Waals surface area contributed by atoms with Crippen LogP contribution in [0.25, 0.3) is 0 Å². The summed E-state index contributed by atoms with van der Waals surface area (Å²) in [6.07, 6.45) is 16.8. The van der Waals surface area contributed by atoms with Crippen LogP contribution in [0.3, 0.4) is 0 Å². The van der Waals surface area contributed by atoms with Gasteiger partial charge in [0.2, 0.25) is 11.6 Å². The summed E-state index contributed by atoms with van der Waals surface area (Å²) in [4.78, 5) is 0. The summed E-state index contributed by atoms with van der Waals surface area (Å²) < 4.78 is 40.4. The van der Waals surface area contributed by atoms with Gasteiger partial charge >= 0.3 is 0 Å². The number of hydrogen-bond donors (Lipinski definition) is 0. The minimum absolute atomic E-state index is 0.00429. The van der Waals surface area contributed by atoms with E-state index in [1.54, 1.807) is 0 Å². The predicted octanol–water partition coefficient (Wildman–Crippen LogP) is 7.96. The van der Waals surface area contributed by atoms with Crippen molar-refractivity contribution in [2.24, 2.45) is 35.5 Å². The Kier molecular flexibility index (Phi) is 8.12. The number of allylic oxidation sites excluding steroid dienone is 1. The molecular weight excluding hydrogens is 406 g/mol. The normalized spacial score (nSPS) is 33.1. The number of ether oxygens (including phenoxy) is 2. The molecule has 32 heavy (non-hydrogen) atoms. The van der Waals surface area contributed by atoms with Crippen LogP contribution in [0.2, 0.25) is 0 Å². The summed E-state index contributed by atoms with van der Waals surface area (Å²) >= 11 is 0. The fraction of sp³-hybridized carbons (Fsp3) is 0.714. The molecule has 0 saturated heterocycles. The van der Waals surface area contributed by atoms with Gasteiger partial charge in [-0.25, -0.2) is 0 Å². The quantitative estimate of drug-likeness (QED) is 0.396. The van der Waals surface area contributed by atoms with E-state index in [1.165, 1.54) is 50.7 Å². The minimum atomic E-state index is -0.939. The van der Waals surface area contributed by atoms with Gasteiger partial charge in [0.05, 0.1) is 13.2 Å². The van der Waals surface area contributed by atoms with E-state index in [4.69, 9.17) is 9.47 Å². The molecule has 3 aliphatic rings. The van der Waals surface area contributed by atoms with Gasteiger partial charge in [-0.15, -0.1) is 0 Å². The van der Waals surface area contributed by atoms with Crippen molar-refractivity contribution in [3.63, 3.8) is 0 Å². The Hall–Kier alpha value is -1.58. The SMILES string of the molecule is CC1C=CC(COc2ccc(OCC3CCC(C4CCC(C)CC4)CC3)c(F)c2F)CC1. The molecule has 0 N–H and O–H groups in total. The van der Waals surface area contributed by atoms with Gasteiger partial charge in [-0.05, 0) is 93.1 Å². The van der Waals surface area contributed by atoms with Crippen molar-refractivity contribution in [3.05, 3.63) is 35.9 Å². The zero-order chi connectivity index (χ0) is 22.5. The van der Waals surface area contributed by atoms with Crippen LogP contribution >= 0.6 is 0 Å². The van der Waals surface area contributed by atoms with E-state index in [2.05, 4.69) is 26.0 Å². The molecule has 0 heterocycles. The second-order valence-corrected chi connectivity index (χ2v) is 10.8. The molecule has 2 fully saturated rings. The van der Waals surface area contributed by atoms with E-state index >= 15 is 0 Å². The van der Waals surface area contributed by atoms with Crippen molar-refractivity contribution in [1.82, 2.24) is 0 Å². The number of rotatable bonds is 7. The number of halogens is 2. The average molecular weight is 447 g/mol. The van der Waals surface area contributed by atoms with Gasteiger partial charge < -0.3 is 9.47 Å². The third kappa shape index (κ3) is 6.05. The second-order valence-electron chi connectivity index (χ2n) is 10.8. The first-order valence-corrected chi connectivity index (χ1v) is 12.9. The molecule has 1 aromatic carbocycles. The number of benzene rings is 1. The first-order valence-electron chi connectivity index (χ1n) is 12.9. The maximum Gasteiger partial charge on any atom is 0.204 e. The Labute approximate surface area is 192 Å². The first-order chi connectivity index (χ1) is 15.5. The summed E-state index contributed by atoms with van der Waals surface area (Å²) in [6, 6.07) is 3.02. The van der Waals surface area contributed by atoms with E-state index in [9.17, 15) is 8.78 Å². The van der Waals surface area contributed by atoms with Gasteiger partial charge in [-0.2, -0.15) is 8.78 Å². The van der Waals surface area contributed by atoms with Crippen LogP contribution in [0.1, 0.15) is 78.1 Å². The highest BCUT2D eigenvalue weighted by molar-refractivity contribution is 5.35. The maximum absolute atomic E-state index is 14.6. The molecule has 0 amide bonds. The lowest BCUT2D eigenvalue weighted by Gasteiger charge is -2.37. The van der Waals surface area contributed by atoms with Gasteiger partial charge in [0, 0.05) is 5.92 Å². The molecular formula is C28H40F2O2. The standard InChI is InChI=1S/C28H40F2O2/c1-19-3-7-21(8-4-19)17-31-25-15-16-26(28(30)27(25)29)32-18-22-9-13-24(14-10-22)23-11-5-20(2)6-12-23/h3,7,15-16,19-24H,4-6,8-14,17-18H2,1-2H3. The third-order valence-corrected chi connectivity index (χ3v) is 8.26. The Morgan fingerprint density at radius 1 is 0.688 bits per heavy atom. The molecule has 4 rings (SSSR count). The van der Waals surface area contributed by atoms with E-state index < -0.39 is 11.6 Å². The van der Waals surface area contributed by atoms with Crippen molar-refractivity contribution in [1.29, 1.82) is 0 Å². The zero-order valence-corrected chi connectivity index (χ0v) is 19.8. The molecule has 4 heteroatoms. The maximum atomic E-state index is 14.6. The van der Waals surface area contributed by atoms with Gasteiger partial charge in [0.15, 0.2) is 11.5 Å². The lowest BCUT2D eigenvalue weighted by Crippen LogP contribution is -2.27. The van der Waals surface area contributed by atoms with Gasteiger partial charge in [-0.1, -0.05) is 38.8 Å². The molecule has 0 spiro atoms. The van der Waals surface area contributed by atoms with Gasteiger partial charge in [0.25, 0.3) is 0 Å². The van der Waals surface area contributed by atoms with E-state index in [0.717, 1.165) is 43.4 Å². The van der Waals surface area contributed by atoms with Gasteiger partial charge in [0.1, 0.15) is 0 Å². The van der Waals surface area contributed by atoms with Crippen molar-refractivity contribution < 1.29 is 18.3 Å². The third-order valence-electron chi connectivity index (χ3n) is 8.26. The highest BCUT2D eigenvalue weighted by atomic mass is 19.2. The highest BCUT2D eigenvalue weighted by Gasteiger charge is 2.30. The Bertz CT molecular complexity index is 761. The summed E-state index contributed by atoms with van der Waals surface area (Å²) in [5.41, 5.74) is 0. The molecule has 0 aromatic heterocycles. The summed E-state index contributed by atoms with van der Waals surface area (Å²) in [7, 11) is 0. The molecule has 0 bridgehead atoms. The fourth-order valence-corrected chi connectivity index (χ4v) is 5.88. The average Bonchev–Trinajstić information content (AvgIpc) is 2.81. The lowest BCUT2D eigenvalue weighted by atomic mass is 9.69. The molecule has 178 valence electrons. The van der Waals surface area contributed by atoms with Crippen molar-refractivity contribution >= 4 is 0 Å². The van der Waals surface area contributed by atoms with Crippen molar-refractivity contribution in [2.45, 2.75) is 78.1 Å². The van der Waals surface area contributed by atoms with E-state index in [1.807, 2.05) is 0 Å². The van der Waals surface area contributed by atoms with Crippen molar-refractivity contribution in [3.8, 4) is 11.5 Å². The lowest BCUT2D eigenvalue weighted by molar-refractivity contribution is 0.124. The largest absolute Gasteiger partial charge is 0.490 e. The highest BCUT2D eigenvalue weighted by Crippen LogP contribution is 2.41. The summed E-state index contributed by atoms with van der Waals surface area (Å²) in [6.45, 7) is 5.41. The predicted molar refractivity (Wildman–Crippen MR) is 125 cm³/mol. The molecule has 3 aliphatic carbocycles. The van der Waals surface area contributed by atoms with Crippen LogP contribution < -0.4 is 9.47 Å². The van der Waals surface area contributed by atoms with E-state index in [0.29, 0.717) is 25.0 Å². The molecule has 0 aliphatic heterocycles. The van der Waals surface area contributed by atoms with Gasteiger partial charge in [-0.3, -0.25) is 0 Å². The molecule has 2 atom stereocenters. The van der Waals surface area contributed by atoms with Crippen LogP contribution in [-0.2, 0) is 0 Å². The fourth-order valence-electron chi connectivity index (χ4n) is 5.88. The minimum Gasteiger partial charge on any atom is -0.490 e. The molecule has 1 aromatic rings. The van der Waals surface area contributed by atoms with E-state index in [-0.39, 0.29) is 17.4 Å².